The Kier molecular flexibility index (Phi) is 7.76. The Labute approximate surface area is 158 Å². The van der Waals surface area contributed by atoms with E-state index in [1.165, 1.54) is 6.07 Å². The molecule has 7 heteroatoms. The maximum atomic E-state index is 13.4. The Balaban J connectivity index is 1.69. The minimum absolute atomic E-state index is 0.125. The van der Waals surface area contributed by atoms with Crippen LogP contribution < -0.4 is 10.2 Å². The predicted molar refractivity (Wildman–Crippen MR) is 99.9 cm³/mol. The van der Waals surface area contributed by atoms with Crippen LogP contribution in [0.25, 0.3) is 0 Å². The third kappa shape index (κ3) is 6.34. The fourth-order valence-corrected chi connectivity index (χ4v) is 3.22. The van der Waals surface area contributed by atoms with Crippen LogP contribution in [0.4, 0.5) is 10.1 Å². The molecule has 0 aliphatic carbocycles. The number of carbonyl (C=O) groups is 3. The zero-order valence-corrected chi connectivity index (χ0v) is 15.7. The summed E-state index contributed by atoms with van der Waals surface area (Å²) in [7, 11) is 0. The molecule has 0 radical (unpaired) electrons. The van der Waals surface area contributed by atoms with Crippen molar-refractivity contribution in [2.45, 2.75) is 51.9 Å². The van der Waals surface area contributed by atoms with E-state index in [-0.39, 0.29) is 30.5 Å². The van der Waals surface area contributed by atoms with Gasteiger partial charge in [-0.15, -0.1) is 0 Å². The molecule has 1 atom stereocenters. The van der Waals surface area contributed by atoms with Crippen molar-refractivity contribution < 1.29 is 23.9 Å². The number of rotatable bonds is 10. The van der Waals surface area contributed by atoms with Gasteiger partial charge < -0.3 is 15.3 Å². The second kappa shape index (κ2) is 10.0. The number of carbonyl (C=O) groups excluding carboxylic acids is 2. The van der Waals surface area contributed by atoms with Crippen LogP contribution in [0.2, 0.25) is 0 Å². The van der Waals surface area contributed by atoms with E-state index in [1.54, 1.807) is 24.0 Å². The zero-order valence-electron chi connectivity index (χ0n) is 15.7. The van der Waals surface area contributed by atoms with E-state index >= 15 is 0 Å². The zero-order chi connectivity index (χ0) is 19.8. The minimum atomic E-state index is -0.766. The summed E-state index contributed by atoms with van der Waals surface area (Å²) in [5.41, 5.74) is 1.09. The first-order chi connectivity index (χ1) is 12.9. The summed E-state index contributed by atoms with van der Waals surface area (Å²) >= 11 is 0. The molecule has 1 fully saturated rings. The third-order valence-corrected chi connectivity index (χ3v) is 4.82. The fraction of sp³-hybridized carbons (Fsp3) is 0.550. The molecular weight excluding hydrogens is 351 g/mol. The van der Waals surface area contributed by atoms with Crippen LogP contribution in [0.5, 0.6) is 0 Å². The molecule has 0 saturated carbocycles. The predicted octanol–water partition coefficient (Wildman–Crippen LogP) is 3.03. The Morgan fingerprint density at radius 2 is 1.93 bits per heavy atom. The quantitative estimate of drug-likeness (QED) is 0.613. The van der Waals surface area contributed by atoms with E-state index < -0.39 is 11.9 Å². The van der Waals surface area contributed by atoms with Gasteiger partial charge in [0.2, 0.25) is 11.8 Å². The van der Waals surface area contributed by atoms with Crippen LogP contribution in [-0.2, 0) is 14.4 Å². The molecule has 1 aromatic rings. The Hall–Kier alpha value is -2.44. The first kappa shape index (κ1) is 20.9. The number of benzene rings is 1. The largest absolute Gasteiger partial charge is 0.481 e. The SMILES string of the molecule is Cc1cc(N2CC(C(=O)NCCCCCCCC(=O)O)CC2=O)ccc1F. The maximum absolute atomic E-state index is 13.4. The molecule has 2 rings (SSSR count). The number of amides is 2. The van der Waals surface area contributed by atoms with Gasteiger partial charge >= 0.3 is 5.97 Å². The average molecular weight is 378 g/mol. The number of anilines is 1. The number of hydrogen-bond donors (Lipinski definition) is 2. The highest BCUT2D eigenvalue weighted by atomic mass is 19.1. The highest BCUT2D eigenvalue weighted by molar-refractivity contribution is 6.00. The molecule has 0 aromatic heterocycles. The summed E-state index contributed by atoms with van der Waals surface area (Å²) in [6, 6.07) is 4.52. The number of nitrogens with one attached hydrogen (secondary N) is 1. The molecule has 1 saturated heterocycles. The minimum Gasteiger partial charge on any atom is -0.481 e. The molecule has 148 valence electrons. The lowest BCUT2D eigenvalue weighted by Crippen LogP contribution is -2.33. The number of aliphatic carboxylic acids is 1. The van der Waals surface area contributed by atoms with Crippen LogP contribution in [0, 0.1) is 18.7 Å². The molecule has 1 heterocycles. The molecule has 1 unspecified atom stereocenters. The van der Waals surface area contributed by atoms with Gasteiger partial charge in [-0.05, 0) is 43.5 Å². The highest BCUT2D eigenvalue weighted by Crippen LogP contribution is 2.26. The molecule has 2 N–H and O–H groups in total. The number of aryl methyl sites for hydroxylation is 1. The molecule has 0 bridgehead atoms. The summed E-state index contributed by atoms with van der Waals surface area (Å²) in [4.78, 5) is 36.5. The van der Waals surface area contributed by atoms with Gasteiger partial charge in [0, 0.05) is 31.6 Å². The van der Waals surface area contributed by atoms with E-state index in [2.05, 4.69) is 5.32 Å². The van der Waals surface area contributed by atoms with Crippen molar-refractivity contribution in [3.8, 4) is 0 Å². The number of halogens is 1. The van der Waals surface area contributed by atoms with E-state index in [4.69, 9.17) is 5.11 Å². The number of nitrogens with zero attached hydrogens (tertiary/aromatic N) is 1. The van der Waals surface area contributed by atoms with Crippen molar-refractivity contribution in [2.75, 3.05) is 18.0 Å². The smallest absolute Gasteiger partial charge is 0.303 e. The summed E-state index contributed by atoms with van der Waals surface area (Å²) in [6.45, 7) is 2.51. The number of hydrogen-bond acceptors (Lipinski definition) is 3. The van der Waals surface area contributed by atoms with Crippen LogP contribution in [0.1, 0.15) is 50.5 Å². The van der Waals surface area contributed by atoms with Gasteiger partial charge in [-0.3, -0.25) is 14.4 Å². The van der Waals surface area contributed by atoms with Gasteiger partial charge in [-0.25, -0.2) is 4.39 Å². The second-order valence-electron chi connectivity index (χ2n) is 7.04. The topological polar surface area (TPSA) is 86.7 Å². The maximum Gasteiger partial charge on any atom is 0.303 e. The standard InChI is InChI=1S/C20H27FN2O4/c1-14-11-16(8-9-17(14)21)23-13-15(12-18(23)24)20(27)22-10-6-4-2-3-5-7-19(25)26/h8-9,11,15H,2-7,10,12-13H2,1H3,(H,22,27)(H,25,26). The molecule has 1 aliphatic heterocycles. The van der Waals surface area contributed by atoms with Crippen LogP contribution in [-0.4, -0.2) is 36.0 Å². The highest BCUT2D eigenvalue weighted by Gasteiger charge is 2.35. The first-order valence-corrected chi connectivity index (χ1v) is 9.44. The summed E-state index contributed by atoms with van der Waals surface area (Å²) in [6.07, 6.45) is 4.65. The van der Waals surface area contributed by atoms with Crippen molar-refractivity contribution in [1.29, 1.82) is 0 Å². The number of carboxylic acids is 1. The molecule has 27 heavy (non-hydrogen) atoms. The summed E-state index contributed by atoms with van der Waals surface area (Å²) in [5.74, 6) is -1.73. The van der Waals surface area contributed by atoms with Crippen molar-refractivity contribution in [1.82, 2.24) is 5.32 Å². The molecule has 0 spiro atoms. The van der Waals surface area contributed by atoms with Gasteiger partial charge in [0.15, 0.2) is 0 Å². The normalized spacial score (nSPS) is 16.6. The lowest BCUT2D eigenvalue weighted by molar-refractivity contribution is -0.137. The van der Waals surface area contributed by atoms with Gasteiger partial charge in [0.25, 0.3) is 0 Å². The first-order valence-electron chi connectivity index (χ1n) is 9.44. The van der Waals surface area contributed by atoms with Gasteiger partial charge in [0.1, 0.15) is 5.82 Å². The van der Waals surface area contributed by atoms with Crippen molar-refractivity contribution >= 4 is 23.5 Å². The Bertz CT molecular complexity index is 693. The van der Waals surface area contributed by atoms with E-state index in [1.807, 2.05) is 0 Å². The van der Waals surface area contributed by atoms with Crippen molar-refractivity contribution in [2.24, 2.45) is 5.92 Å². The Morgan fingerprint density at radius 3 is 2.63 bits per heavy atom. The molecule has 2 amide bonds. The Morgan fingerprint density at radius 1 is 1.22 bits per heavy atom. The van der Waals surface area contributed by atoms with Gasteiger partial charge in [0.05, 0.1) is 5.92 Å². The summed E-state index contributed by atoms with van der Waals surface area (Å²) in [5, 5.41) is 11.4. The van der Waals surface area contributed by atoms with E-state index in [0.29, 0.717) is 30.8 Å². The second-order valence-corrected chi connectivity index (χ2v) is 7.04. The van der Waals surface area contributed by atoms with E-state index in [0.717, 1.165) is 25.7 Å². The molecular formula is C20H27FN2O4. The van der Waals surface area contributed by atoms with Crippen LogP contribution in [0.15, 0.2) is 18.2 Å². The molecule has 1 aromatic carbocycles. The van der Waals surface area contributed by atoms with Crippen molar-refractivity contribution in [3.05, 3.63) is 29.6 Å². The van der Waals surface area contributed by atoms with Crippen LogP contribution >= 0.6 is 0 Å². The van der Waals surface area contributed by atoms with Crippen LogP contribution in [0.3, 0.4) is 0 Å². The molecule has 6 nitrogen and oxygen atoms in total. The monoisotopic (exact) mass is 378 g/mol. The third-order valence-electron chi connectivity index (χ3n) is 4.82. The number of carboxylic acid groups (broad SMARTS) is 1. The van der Waals surface area contributed by atoms with Gasteiger partial charge in [-0.2, -0.15) is 0 Å². The lowest BCUT2D eigenvalue weighted by Gasteiger charge is -2.17. The van der Waals surface area contributed by atoms with Gasteiger partial charge in [-0.1, -0.05) is 19.3 Å². The summed E-state index contributed by atoms with van der Waals surface area (Å²) < 4.78 is 13.4. The average Bonchev–Trinajstić information content (AvgIpc) is 3.01. The fourth-order valence-electron chi connectivity index (χ4n) is 3.22. The lowest BCUT2D eigenvalue weighted by atomic mass is 10.1. The van der Waals surface area contributed by atoms with E-state index in [9.17, 15) is 18.8 Å². The van der Waals surface area contributed by atoms with Crippen molar-refractivity contribution in [3.63, 3.8) is 0 Å². The molecule has 1 aliphatic rings. The number of unbranched alkanes of at least 4 members (excludes halogenated alkanes) is 4.